The number of aromatic nitrogens is 3. The summed E-state index contributed by atoms with van der Waals surface area (Å²) in [5.41, 5.74) is 3.49. The Morgan fingerprint density at radius 3 is 2.07 bits per heavy atom. The quantitative estimate of drug-likeness (QED) is 0.525. The van der Waals surface area contributed by atoms with Gasteiger partial charge in [-0.3, -0.25) is 13.9 Å². The summed E-state index contributed by atoms with van der Waals surface area (Å²) in [6.07, 6.45) is 1.85. The molecule has 0 aliphatic carbocycles. The van der Waals surface area contributed by atoms with E-state index in [4.69, 9.17) is 4.74 Å². The minimum Gasteiger partial charge on any atom is -0.497 e. The standard InChI is InChI=1S/C23H24N4O3/c1-24(2)16-8-10-17(11-9-16)27-14-19-20(22(28)26(4)23(29)25(19)3)21(27)15-6-12-18(30-5)13-7-15/h6-14H,1-5H3. The van der Waals surface area contributed by atoms with Crippen molar-refractivity contribution in [3.63, 3.8) is 0 Å². The van der Waals surface area contributed by atoms with Crippen LogP contribution in [0.5, 0.6) is 5.75 Å². The number of rotatable bonds is 4. The minimum absolute atomic E-state index is 0.317. The van der Waals surface area contributed by atoms with E-state index in [0.717, 1.165) is 32.9 Å². The number of hydrogen-bond donors (Lipinski definition) is 0. The number of nitrogens with zero attached hydrogens (tertiary/aromatic N) is 4. The number of methoxy groups -OCH3 is 1. The lowest BCUT2D eigenvalue weighted by Gasteiger charge is -2.14. The summed E-state index contributed by atoms with van der Waals surface area (Å²) >= 11 is 0. The van der Waals surface area contributed by atoms with E-state index in [-0.39, 0.29) is 11.2 Å². The van der Waals surface area contributed by atoms with Gasteiger partial charge in [-0.05, 0) is 54.1 Å². The molecule has 0 atom stereocenters. The maximum Gasteiger partial charge on any atom is 0.330 e. The first-order valence-corrected chi connectivity index (χ1v) is 9.56. The van der Waals surface area contributed by atoms with Gasteiger partial charge in [-0.2, -0.15) is 0 Å². The topological polar surface area (TPSA) is 61.4 Å². The van der Waals surface area contributed by atoms with Crippen molar-refractivity contribution in [1.29, 1.82) is 0 Å². The van der Waals surface area contributed by atoms with E-state index in [1.807, 2.05) is 78.3 Å². The Labute approximate surface area is 174 Å². The van der Waals surface area contributed by atoms with Crippen LogP contribution in [0.3, 0.4) is 0 Å². The van der Waals surface area contributed by atoms with Crippen molar-refractivity contribution >= 4 is 16.6 Å². The van der Waals surface area contributed by atoms with Crippen molar-refractivity contribution in [2.24, 2.45) is 14.1 Å². The molecular weight excluding hydrogens is 380 g/mol. The van der Waals surface area contributed by atoms with Gasteiger partial charge >= 0.3 is 5.69 Å². The van der Waals surface area contributed by atoms with Crippen LogP contribution in [0.4, 0.5) is 5.69 Å². The zero-order chi connectivity index (χ0) is 21.6. The molecule has 0 fully saturated rings. The molecule has 2 aromatic carbocycles. The summed E-state index contributed by atoms with van der Waals surface area (Å²) in [4.78, 5) is 27.6. The SMILES string of the molecule is COc1ccc(-c2c3c(=O)n(C)c(=O)n(C)c3cn2-c2ccc(N(C)C)cc2)cc1. The predicted molar refractivity (Wildman–Crippen MR) is 120 cm³/mol. The second-order valence-corrected chi connectivity index (χ2v) is 7.45. The summed E-state index contributed by atoms with van der Waals surface area (Å²) in [5, 5.41) is 0.501. The highest BCUT2D eigenvalue weighted by molar-refractivity contribution is 5.94. The number of ether oxygens (including phenoxy) is 1. The number of anilines is 1. The molecule has 0 saturated heterocycles. The Hall–Kier alpha value is -3.74. The van der Waals surface area contributed by atoms with Crippen LogP contribution in [0, 0.1) is 0 Å². The highest BCUT2D eigenvalue weighted by Gasteiger charge is 2.20. The van der Waals surface area contributed by atoms with Gasteiger partial charge in [-0.15, -0.1) is 0 Å². The molecule has 0 aliphatic heterocycles. The van der Waals surface area contributed by atoms with Gasteiger partial charge in [0.15, 0.2) is 0 Å². The van der Waals surface area contributed by atoms with Crippen LogP contribution in [-0.4, -0.2) is 34.9 Å². The van der Waals surface area contributed by atoms with Crippen molar-refractivity contribution in [3.8, 4) is 22.7 Å². The highest BCUT2D eigenvalue weighted by atomic mass is 16.5. The van der Waals surface area contributed by atoms with E-state index in [1.165, 1.54) is 11.6 Å². The van der Waals surface area contributed by atoms with Gasteiger partial charge in [0.2, 0.25) is 0 Å². The molecule has 2 heterocycles. The molecule has 7 heteroatoms. The summed E-state index contributed by atoms with van der Waals surface area (Å²) < 4.78 is 9.90. The summed E-state index contributed by atoms with van der Waals surface area (Å²) in [6, 6.07) is 15.6. The lowest BCUT2D eigenvalue weighted by atomic mass is 10.1. The summed E-state index contributed by atoms with van der Waals surface area (Å²) in [5.74, 6) is 0.733. The third-order valence-corrected chi connectivity index (χ3v) is 5.45. The Morgan fingerprint density at radius 2 is 1.50 bits per heavy atom. The number of fused-ring (bicyclic) bond motifs is 1. The van der Waals surface area contributed by atoms with Crippen molar-refractivity contribution in [2.75, 3.05) is 26.1 Å². The van der Waals surface area contributed by atoms with E-state index in [1.54, 1.807) is 14.2 Å². The van der Waals surface area contributed by atoms with Crippen molar-refractivity contribution in [2.45, 2.75) is 0 Å². The van der Waals surface area contributed by atoms with Crippen molar-refractivity contribution in [1.82, 2.24) is 13.7 Å². The Kier molecular flexibility index (Phi) is 4.73. The van der Waals surface area contributed by atoms with Crippen LogP contribution < -0.4 is 20.9 Å². The Morgan fingerprint density at radius 1 is 0.867 bits per heavy atom. The molecule has 0 radical (unpaired) electrons. The van der Waals surface area contributed by atoms with Gasteiger partial charge in [0, 0.05) is 45.8 Å². The summed E-state index contributed by atoms with van der Waals surface area (Å²) in [6.45, 7) is 0. The molecule has 0 spiro atoms. The maximum atomic E-state index is 13.1. The van der Waals surface area contributed by atoms with Crippen LogP contribution >= 0.6 is 0 Å². The predicted octanol–water partition coefficient (Wildman–Crippen LogP) is 2.77. The molecule has 0 aliphatic rings. The lowest BCUT2D eigenvalue weighted by molar-refractivity contribution is 0.415. The van der Waals surface area contributed by atoms with E-state index in [0.29, 0.717) is 10.9 Å². The van der Waals surface area contributed by atoms with Crippen LogP contribution in [0.15, 0.2) is 64.3 Å². The number of benzene rings is 2. The number of aryl methyl sites for hydroxylation is 1. The molecule has 0 bridgehead atoms. The van der Waals surface area contributed by atoms with E-state index in [9.17, 15) is 9.59 Å². The van der Waals surface area contributed by atoms with Gasteiger partial charge < -0.3 is 14.2 Å². The molecule has 0 saturated carbocycles. The molecule has 7 nitrogen and oxygen atoms in total. The lowest BCUT2D eigenvalue weighted by Crippen LogP contribution is -2.36. The first kappa shape index (κ1) is 19.6. The van der Waals surface area contributed by atoms with E-state index >= 15 is 0 Å². The fourth-order valence-corrected chi connectivity index (χ4v) is 3.69. The third kappa shape index (κ3) is 2.99. The second kappa shape index (κ2) is 7.26. The largest absolute Gasteiger partial charge is 0.497 e. The molecule has 2 aromatic heterocycles. The number of hydrogen-bond acceptors (Lipinski definition) is 4. The van der Waals surface area contributed by atoms with Gasteiger partial charge in [-0.1, -0.05) is 0 Å². The van der Waals surface area contributed by atoms with Gasteiger partial charge in [0.05, 0.1) is 23.7 Å². The normalized spacial score (nSPS) is 11.1. The fourth-order valence-electron chi connectivity index (χ4n) is 3.69. The van der Waals surface area contributed by atoms with Crippen LogP contribution in [0.1, 0.15) is 0 Å². The zero-order valence-electron chi connectivity index (χ0n) is 17.7. The molecule has 154 valence electrons. The second-order valence-electron chi connectivity index (χ2n) is 7.45. The molecule has 30 heavy (non-hydrogen) atoms. The van der Waals surface area contributed by atoms with E-state index in [2.05, 4.69) is 0 Å². The smallest absolute Gasteiger partial charge is 0.330 e. The molecule has 0 unspecified atom stereocenters. The van der Waals surface area contributed by atoms with E-state index < -0.39 is 0 Å². The summed E-state index contributed by atoms with van der Waals surface area (Å²) in [7, 11) is 8.78. The molecule has 4 aromatic rings. The monoisotopic (exact) mass is 404 g/mol. The Balaban J connectivity index is 2.08. The third-order valence-electron chi connectivity index (χ3n) is 5.45. The maximum absolute atomic E-state index is 13.1. The Bertz CT molecular complexity index is 1340. The first-order chi connectivity index (χ1) is 14.3. The highest BCUT2D eigenvalue weighted by Crippen LogP contribution is 2.32. The average Bonchev–Trinajstić information content (AvgIpc) is 3.17. The minimum atomic E-state index is -0.353. The van der Waals surface area contributed by atoms with Gasteiger partial charge in [-0.25, -0.2) is 4.79 Å². The molecule has 4 rings (SSSR count). The van der Waals surface area contributed by atoms with Crippen LogP contribution in [0.2, 0.25) is 0 Å². The van der Waals surface area contributed by atoms with Crippen LogP contribution in [0.25, 0.3) is 27.8 Å². The molecular formula is C23H24N4O3. The molecule has 0 N–H and O–H groups in total. The van der Waals surface area contributed by atoms with Gasteiger partial charge in [0.1, 0.15) is 5.75 Å². The zero-order valence-corrected chi connectivity index (χ0v) is 17.7. The van der Waals surface area contributed by atoms with Crippen molar-refractivity contribution in [3.05, 3.63) is 75.6 Å². The van der Waals surface area contributed by atoms with Crippen LogP contribution in [-0.2, 0) is 14.1 Å². The fraction of sp³-hybridized carbons (Fsp3) is 0.217. The molecule has 0 amide bonds. The van der Waals surface area contributed by atoms with Gasteiger partial charge in [0.25, 0.3) is 5.56 Å². The van der Waals surface area contributed by atoms with Crippen molar-refractivity contribution < 1.29 is 4.74 Å². The first-order valence-electron chi connectivity index (χ1n) is 9.56. The average molecular weight is 404 g/mol.